The molecule has 0 heterocycles. The van der Waals surface area contributed by atoms with Crippen molar-refractivity contribution < 1.29 is 17.6 Å². The molecule has 0 unspecified atom stereocenters. The van der Waals surface area contributed by atoms with Crippen LogP contribution < -0.4 is 5.73 Å². The van der Waals surface area contributed by atoms with Crippen LogP contribution >= 0.6 is 12.4 Å². The van der Waals surface area contributed by atoms with Crippen LogP contribution in [0.2, 0.25) is 0 Å². The van der Waals surface area contributed by atoms with E-state index in [1.807, 2.05) is 0 Å². The van der Waals surface area contributed by atoms with E-state index >= 15 is 0 Å². The first-order chi connectivity index (χ1) is 7.88. The normalized spacial score (nSPS) is 12.7. The molecule has 0 fully saturated rings. The first-order valence-corrected chi connectivity index (χ1v) is 5.10. The Hall–Kier alpha value is -1.07. The van der Waals surface area contributed by atoms with Crippen molar-refractivity contribution in [3.05, 3.63) is 47.8 Å². The SMILES string of the molecule is C=CCC[C@H](N)c1cccc(F)c1C(F)(F)F.Cl. The first-order valence-electron chi connectivity index (χ1n) is 5.10. The predicted molar refractivity (Wildman–Crippen MR) is 65.0 cm³/mol. The minimum Gasteiger partial charge on any atom is -0.324 e. The largest absolute Gasteiger partial charge is 0.419 e. The smallest absolute Gasteiger partial charge is 0.324 e. The van der Waals surface area contributed by atoms with Crippen LogP contribution in [0.25, 0.3) is 0 Å². The van der Waals surface area contributed by atoms with Crippen molar-refractivity contribution in [2.45, 2.75) is 25.1 Å². The summed E-state index contributed by atoms with van der Waals surface area (Å²) in [6.45, 7) is 3.46. The van der Waals surface area contributed by atoms with E-state index in [1.165, 1.54) is 12.1 Å². The Morgan fingerprint density at radius 3 is 2.44 bits per heavy atom. The summed E-state index contributed by atoms with van der Waals surface area (Å²) >= 11 is 0. The second-order valence-electron chi connectivity index (χ2n) is 3.67. The molecule has 0 aliphatic carbocycles. The topological polar surface area (TPSA) is 26.0 Å². The molecule has 1 aromatic carbocycles. The molecule has 0 aromatic heterocycles. The van der Waals surface area contributed by atoms with Gasteiger partial charge < -0.3 is 5.73 Å². The van der Waals surface area contributed by atoms with Gasteiger partial charge in [0.1, 0.15) is 5.82 Å². The third-order valence-corrected chi connectivity index (χ3v) is 2.41. The minimum absolute atomic E-state index is 0. The maximum atomic E-state index is 13.2. The fraction of sp³-hybridized carbons (Fsp3) is 0.333. The molecule has 0 aliphatic rings. The molecular formula is C12H14ClF4N. The fourth-order valence-electron chi connectivity index (χ4n) is 1.60. The molecule has 0 bridgehead atoms. The summed E-state index contributed by atoms with van der Waals surface area (Å²) in [4.78, 5) is 0. The van der Waals surface area contributed by atoms with Gasteiger partial charge in [-0.3, -0.25) is 0 Å². The van der Waals surface area contributed by atoms with E-state index in [1.54, 1.807) is 6.08 Å². The van der Waals surface area contributed by atoms with Gasteiger partial charge in [0.05, 0.1) is 5.56 Å². The van der Waals surface area contributed by atoms with E-state index in [0.717, 1.165) is 6.07 Å². The molecule has 2 N–H and O–H groups in total. The van der Waals surface area contributed by atoms with Crippen LogP contribution in [-0.2, 0) is 6.18 Å². The molecule has 1 atom stereocenters. The average molecular weight is 284 g/mol. The van der Waals surface area contributed by atoms with Gasteiger partial charge in [-0.1, -0.05) is 18.2 Å². The number of allylic oxidation sites excluding steroid dienone is 1. The summed E-state index contributed by atoms with van der Waals surface area (Å²) in [7, 11) is 0. The lowest BCUT2D eigenvalue weighted by molar-refractivity contribution is -0.140. The Balaban J connectivity index is 0.00000289. The zero-order chi connectivity index (χ0) is 13.1. The molecule has 1 nitrogen and oxygen atoms in total. The van der Waals surface area contributed by atoms with Crippen molar-refractivity contribution in [3.8, 4) is 0 Å². The number of rotatable bonds is 4. The van der Waals surface area contributed by atoms with Gasteiger partial charge >= 0.3 is 6.18 Å². The van der Waals surface area contributed by atoms with E-state index in [-0.39, 0.29) is 18.0 Å². The second-order valence-corrected chi connectivity index (χ2v) is 3.67. The monoisotopic (exact) mass is 283 g/mol. The summed E-state index contributed by atoms with van der Waals surface area (Å²) in [5.41, 5.74) is 4.16. The molecule has 0 aliphatic heterocycles. The van der Waals surface area contributed by atoms with Gasteiger partial charge in [0.15, 0.2) is 0 Å². The van der Waals surface area contributed by atoms with Crippen molar-refractivity contribution in [3.63, 3.8) is 0 Å². The maximum absolute atomic E-state index is 13.2. The zero-order valence-corrected chi connectivity index (χ0v) is 10.3. The lowest BCUT2D eigenvalue weighted by Crippen LogP contribution is -2.19. The molecule has 102 valence electrons. The summed E-state index contributed by atoms with van der Waals surface area (Å²) < 4.78 is 51.3. The van der Waals surface area contributed by atoms with Gasteiger partial charge in [0.2, 0.25) is 0 Å². The molecule has 0 radical (unpaired) electrons. The fourth-order valence-corrected chi connectivity index (χ4v) is 1.60. The molecule has 6 heteroatoms. The third-order valence-electron chi connectivity index (χ3n) is 2.41. The standard InChI is InChI=1S/C12H13F4N.ClH/c1-2-3-7-10(17)8-5-4-6-9(13)11(8)12(14,15)16;/h2,4-6,10H,1,3,7,17H2;1H/t10-;/m0./s1. The third kappa shape index (κ3) is 3.99. The first kappa shape index (κ1) is 16.9. The van der Waals surface area contributed by atoms with Gasteiger partial charge in [0.25, 0.3) is 0 Å². The summed E-state index contributed by atoms with van der Waals surface area (Å²) in [6.07, 6.45) is -2.39. The number of alkyl halides is 3. The Bertz CT molecular complexity index is 404. The van der Waals surface area contributed by atoms with Crippen LogP contribution in [0.15, 0.2) is 30.9 Å². The van der Waals surface area contributed by atoms with Gasteiger partial charge in [-0.25, -0.2) is 4.39 Å². The van der Waals surface area contributed by atoms with Crippen molar-refractivity contribution in [1.82, 2.24) is 0 Å². The number of benzene rings is 1. The number of hydrogen-bond acceptors (Lipinski definition) is 1. The van der Waals surface area contributed by atoms with Crippen molar-refractivity contribution in [2.75, 3.05) is 0 Å². The van der Waals surface area contributed by atoms with Crippen LogP contribution in [-0.4, -0.2) is 0 Å². The van der Waals surface area contributed by atoms with Crippen molar-refractivity contribution in [1.29, 1.82) is 0 Å². The molecule has 0 saturated heterocycles. The highest BCUT2D eigenvalue weighted by molar-refractivity contribution is 5.85. The van der Waals surface area contributed by atoms with Crippen molar-refractivity contribution in [2.24, 2.45) is 5.73 Å². The van der Waals surface area contributed by atoms with Gasteiger partial charge in [-0.2, -0.15) is 13.2 Å². The highest BCUT2D eigenvalue weighted by Crippen LogP contribution is 2.36. The average Bonchev–Trinajstić information content (AvgIpc) is 2.23. The lowest BCUT2D eigenvalue weighted by Gasteiger charge is -2.18. The van der Waals surface area contributed by atoms with Crippen molar-refractivity contribution >= 4 is 12.4 Å². The van der Waals surface area contributed by atoms with Gasteiger partial charge in [-0.15, -0.1) is 19.0 Å². The van der Waals surface area contributed by atoms with E-state index in [2.05, 4.69) is 6.58 Å². The van der Waals surface area contributed by atoms with Crippen LogP contribution in [0.3, 0.4) is 0 Å². The molecule has 0 spiro atoms. The van der Waals surface area contributed by atoms with Crippen LogP contribution in [0.1, 0.15) is 30.0 Å². The number of halogens is 5. The number of nitrogens with two attached hydrogens (primary N) is 1. The Labute approximate surface area is 109 Å². The highest BCUT2D eigenvalue weighted by atomic mass is 35.5. The summed E-state index contributed by atoms with van der Waals surface area (Å²) in [5, 5.41) is 0. The Kier molecular flexibility index (Phi) is 6.35. The molecule has 18 heavy (non-hydrogen) atoms. The molecular weight excluding hydrogens is 270 g/mol. The molecule has 1 aromatic rings. The van der Waals surface area contributed by atoms with Crippen LogP contribution in [0.4, 0.5) is 17.6 Å². The Morgan fingerprint density at radius 2 is 1.94 bits per heavy atom. The Morgan fingerprint density at radius 1 is 1.33 bits per heavy atom. The molecule has 1 rings (SSSR count). The van der Waals surface area contributed by atoms with Gasteiger partial charge in [0, 0.05) is 6.04 Å². The van der Waals surface area contributed by atoms with E-state index in [4.69, 9.17) is 5.73 Å². The van der Waals surface area contributed by atoms with E-state index in [0.29, 0.717) is 12.8 Å². The highest BCUT2D eigenvalue weighted by Gasteiger charge is 2.37. The zero-order valence-electron chi connectivity index (χ0n) is 9.51. The predicted octanol–water partition coefficient (Wildman–Crippen LogP) is 4.23. The molecule has 0 amide bonds. The maximum Gasteiger partial charge on any atom is 0.419 e. The summed E-state index contributed by atoms with van der Waals surface area (Å²) in [6, 6.07) is 2.38. The van der Waals surface area contributed by atoms with Gasteiger partial charge in [-0.05, 0) is 24.5 Å². The second kappa shape index (κ2) is 6.75. The minimum atomic E-state index is -4.73. The quantitative estimate of drug-likeness (QED) is 0.649. The van der Waals surface area contributed by atoms with E-state index in [9.17, 15) is 17.6 Å². The number of hydrogen-bond donors (Lipinski definition) is 1. The lowest BCUT2D eigenvalue weighted by atomic mass is 9.96. The van der Waals surface area contributed by atoms with E-state index < -0.39 is 23.6 Å². The summed E-state index contributed by atoms with van der Waals surface area (Å²) in [5.74, 6) is -1.29. The van der Waals surface area contributed by atoms with Crippen LogP contribution in [0.5, 0.6) is 0 Å². The van der Waals surface area contributed by atoms with Crippen LogP contribution in [0, 0.1) is 5.82 Å². The molecule has 0 saturated carbocycles.